The van der Waals surface area contributed by atoms with Crippen LogP contribution in [-0.2, 0) is 6.54 Å². The van der Waals surface area contributed by atoms with Crippen LogP contribution in [0.4, 0.5) is 0 Å². The van der Waals surface area contributed by atoms with Gasteiger partial charge in [-0.3, -0.25) is 9.89 Å². The summed E-state index contributed by atoms with van der Waals surface area (Å²) in [7, 11) is 1.57. The molecule has 2 aromatic heterocycles. The fraction of sp³-hybridized carbons (Fsp3) is 0.214. The Morgan fingerprint density at radius 2 is 2.06 bits per heavy atom. The molecule has 0 radical (unpaired) electrons. The first-order chi connectivity index (χ1) is 17.4. The number of aromatic hydroxyl groups is 1. The Morgan fingerprint density at radius 1 is 1.22 bits per heavy atom. The first-order valence-electron chi connectivity index (χ1n) is 11.6. The van der Waals surface area contributed by atoms with Crippen LogP contribution in [0.5, 0.6) is 17.2 Å². The maximum absolute atomic E-state index is 13.6. The maximum atomic E-state index is 13.6. The normalized spacial score (nSPS) is 14.7. The summed E-state index contributed by atoms with van der Waals surface area (Å²) in [6.07, 6.45) is 3.24. The second-order valence-electron chi connectivity index (χ2n) is 8.76. The Kier molecular flexibility index (Phi) is 6.01. The number of nitrogens with one attached hydrogen (secondary N) is 1. The summed E-state index contributed by atoms with van der Waals surface area (Å²) < 4.78 is 16.9. The highest BCUT2D eigenvalue weighted by molar-refractivity contribution is 6.00. The van der Waals surface area contributed by atoms with Crippen LogP contribution >= 0.6 is 0 Å². The number of carbonyl (C=O) groups excluding carboxylic acids is 1. The van der Waals surface area contributed by atoms with E-state index in [9.17, 15) is 9.90 Å². The molecule has 0 saturated carbocycles. The molecule has 1 aliphatic heterocycles. The van der Waals surface area contributed by atoms with Crippen LogP contribution < -0.4 is 9.47 Å². The van der Waals surface area contributed by atoms with E-state index < -0.39 is 6.04 Å². The highest BCUT2D eigenvalue weighted by atomic mass is 16.5. The van der Waals surface area contributed by atoms with Crippen LogP contribution in [0.1, 0.15) is 44.5 Å². The number of methoxy groups -OCH3 is 1. The molecule has 3 heterocycles. The van der Waals surface area contributed by atoms with Gasteiger partial charge in [-0.05, 0) is 60.9 Å². The van der Waals surface area contributed by atoms with Crippen molar-refractivity contribution < 1.29 is 23.8 Å². The predicted molar refractivity (Wildman–Crippen MR) is 134 cm³/mol. The van der Waals surface area contributed by atoms with Gasteiger partial charge in [-0.2, -0.15) is 5.10 Å². The molecule has 184 valence electrons. The number of H-pyrrole nitrogens is 1. The summed E-state index contributed by atoms with van der Waals surface area (Å²) in [5, 5.41) is 18.3. The molecule has 36 heavy (non-hydrogen) atoms. The lowest BCUT2D eigenvalue weighted by atomic mass is 9.94. The van der Waals surface area contributed by atoms with E-state index in [-0.39, 0.29) is 18.2 Å². The zero-order valence-electron chi connectivity index (χ0n) is 20.4. The lowest BCUT2D eigenvalue weighted by Gasteiger charge is -2.26. The molecule has 2 aromatic carbocycles. The molecule has 0 spiro atoms. The number of phenolic OH excluding ortho intramolecular Hbond substituents is 1. The molecule has 0 fully saturated rings. The minimum Gasteiger partial charge on any atom is -0.507 e. The Hall–Kier alpha value is -4.46. The van der Waals surface area contributed by atoms with Crippen molar-refractivity contribution in [3.63, 3.8) is 0 Å². The fourth-order valence-corrected chi connectivity index (χ4v) is 4.74. The topological polar surface area (TPSA) is 101 Å². The molecule has 0 bridgehead atoms. The lowest BCUT2D eigenvalue weighted by molar-refractivity contribution is 0.0716. The number of aromatic nitrogens is 2. The zero-order valence-corrected chi connectivity index (χ0v) is 20.4. The third-order valence-corrected chi connectivity index (χ3v) is 6.33. The number of amides is 1. The second kappa shape index (κ2) is 9.30. The standard InChI is InChI=1S/C28H27N3O5/c1-5-10-36-21-9-8-18(14-22(21)34-4)26-23-24(20-13-16(2)12-17(3)27(20)32)29-30-25(23)28(33)31(26)15-19-7-6-11-35-19/h5-9,11-14,26,32H,1,10,15H2,2-4H3,(H,29,30). The van der Waals surface area contributed by atoms with Gasteiger partial charge in [-0.15, -0.1) is 0 Å². The average Bonchev–Trinajstić information content (AvgIpc) is 3.59. The highest BCUT2D eigenvalue weighted by Crippen LogP contribution is 2.47. The SMILES string of the molecule is C=CCOc1ccc(C2c3c(-c4cc(C)cc(C)c4O)n[nH]c3C(=O)N2Cc2ccco2)cc1OC. The number of phenols is 1. The van der Waals surface area contributed by atoms with Crippen molar-refractivity contribution in [3.8, 4) is 28.5 Å². The molecule has 4 aromatic rings. The van der Waals surface area contributed by atoms with Crippen molar-refractivity contribution in [2.75, 3.05) is 13.7 Å². The third-order valence-electron chi connectivity index (χ3n) is 6.33. The van der Waals surface area contributed by atoms with Gasteiger partial charge in [0.15, 0.2) is 11.5 Å². The van der Waals surface area contributed by atoms with Gasteiger partial charge >= 0.3 is 0 Å². The van der Waals surface area contributed by atoms with Crippen molar-refractivity contribution in [3.05, 3.63) is 95.1 Å². The van der Waals surface area contributed by atoms with E-state index in [4.69, 9.17) is 13.9 Å². The van der Waals surface area contributed by atoms with Gasteiger partial charge in [0.1, 0.15) is 29.5 Å². The quantitative estimate of drug-likeness (QED) is 0.328. The summed E-state index contributed by atoms with van der Waals surface area (Å²) in [5.41, 5.74) is 4.69. The number of hydrogen-bond acceptors (Lipinski definition) is 6. The number of aromatic amines is 1. The number of benzene rings is 2. The molecule has 1 unspecified atom stereocenters. The van der Waals surface area contributed by atoms with Crippen LogP contribution in [0.2, 0.25) is 0 Å². The fourth-order valence-electron chi connectivity index (χ4n) is 4.74. The number of carbonyl (C=O) groups is 1. The lowest BCUT2D eigenvalue weighted by Crippen LogP contribution is -2.29. The minimum atomic E-state index is -0.506. The smallest absolute Gasteiger partial charge is 0.273 e. The molecule has 1 amide bonds. The number of aryl methyl sites for hydroxylation is 2. The van der Waals surface area contributed by atoms with E-state index in [1.807, 2.05) is 50.2 Å². The molecule has 5 rings (SSSR count). The third kappa shape index (κ3) is 3.90. The molecule has 8 nitrogen and oxygen atoms in total. The molecule has 0 saturated heterocycles. The van der Waals surface area contributed by atoms with Gasteiger partial charge in [0.25, 0.3) is 5.91 Å². The van der Waals surface area contributed by atoms with E-state index in [0.717, 1.165) is 16.7 Å². The Bertz CT molecular complexity index is 1440. The van der Waals surface area contributed by atoms with Crippen LogP contribution in [0.25, 0.3) is 11.3 Å². The van der Waals surface area contributed by atoms with Gasteiger partial charge in [-0.1, -0.05) is 24.8 Å². The van der Waals surface area contributed by atoms with Gasteiger partial charge in [0, 0.05) is 11.1 Å². The molecule has 2 N–H and O–H groups in total. The highest BCUT2D eigenvalue weighted by Gasteiger charge is 2.43. The largest absolute Gasteiger partial charge is 0.507 e. The van der Waals surface area contributed by atoms with Crippen LogP contribution in [-0.4, -0.2) is 39.8 Å². The van der Waals surface area contributed by atoms with Crippen LogP contribution in [0.15, 0.2) is 65.8 Å². The Morgan fingerprint density at radius 3 is 2.78 bits per heavy atom. The average molecular weight is 486 g/mol. The maximum Gasteiger partial charge on any atom is 0.273 e. The number of hydrogen-bond donors (Lipinski definition) is 2. The molecule has 1 atom stereocenters. The van der Waals surface area contributed by atoms with Gasteiger partial charge in [-0.25, -0.2) is 0 Å². The van der Waals surface area contributed by atoms with E-state index in [1.165, 1.54) is 0 Å². The molecule has 1 aliphatic rings. The monoisotopic (exact) mass is 485 g/mol. The summed E-state index contributed by atoms with van der Waals surface area (Å²) >= 11 is 0. The molecular weight excluding hydrogens is 458 g/mol. The minimum absolute atomic E-state index is 0.135. The predicted octanol–water partition coefficient (Wildman–Crippen LogP) is 5.31. The summed E-state index contributed by atoms with van der Waals surface area (Å²) in [6, 6.07) is 12.5. The van der Waals surface area contributed by atoms with Gasteiger partial charge in [0.2, 0.25) is 0 Å². The van der Waals surface area contributed by atoms with Gasteiger partial charge < -0.3 is 23.9 Å². The van der Waals surface area contributed by atoms with Crippen LogP contribution in [0.3, 0.4) is 0 Å². The van der Waals surface area contributed by atoms with E-state index in [0.29, 0.717) is 46.4 Å². The van der Waals surface area contributed by atoms with E-state index >= 15 is 0 Å². The summed E-state index contributed by atoms with van der Waals surface area (Å²) in [4.78, 5) is 15.3. The second-order valence-corrected chi connectivity index (χ2v) is 8.76. The number of furan rings is 1. The molecule has 8 heteroatoms. The van der Waals surface area contributed by atoms with E-state index in [1.54, 1.807) is 30.4 Å². The van der Waals surface area contributed by atoms with Crippen molar-refractivity contribution in [1.82, 2.24) is 15.1 Å². The van der Waals surface area contributed by atoms with Crippen molar-refractivity contribution >= 4 is 5.91 Å². The zero-order chi connectivity index (χ0) is 25.4. The van der Waals surface area contributed by atoms with Crippen molar-refractivity contribution in [2.24, 2.45) is 0 Å². The molecular formula is C28H27N3O5. The molecule has 0 aliphatic carbocycles. The number of rotatable bonds is 8. The first-order valence-corrected chi connectivity index (χ1v) is 11.6. The first kappa shape index (κ1) is 23.3. The van der Waals surface area contributed by atoms with Crippen molar-refractivity contribution in [2.45, 2.75) is 26.4 Å². The number of ether oxygens (including phenoxy) is 2. The Labute approximate surface area is 208 Å². The van der Waals surface area contributed by atoms with Gasteiger partial charge in [0.05, 0.1) is 26.0 Å². The van der Waals surface area contributed by atoms with Crippen LogP contribution in [0, 0.1) is 13.8 Å². The van der Waals surface area contributed by atoms with E-state index in [2.05, 4.69) is 16.8 Å². The number of nitrogens with zero attached hydrogens (tertiary/aromatic N) is 2. The Balaban J connectivity index is 1.68. The number of fused-ring (bicyclic) bond motifs is 1. The van der Waals surface area contributed by atoms with Crippen molar-refractivity contribution in [1.29, 1.82) is 0 Å². The summed E-state index contributed by atoms with van der Waals surface area (Å²) in [5.74, 6) is 1.69. The summed E-state index contributed by atoms with van der Waals surface area (Å²) in [6.45, 7) is 8.09.